The Labute approximate surface area is 151 Å². The number of hydrogen-bond donors (Lipinski definition) is 1. The smallest absolute Gasteiger partial charge is 0.380 e. The third kappa shape index (κ3) is 2.12. The quantitative estimate of drug-likeness (QED) is 0.717. The molecule has 26 heavy (non-hydrogen) atoms. The Morgan fingerprint density at radius 1 is 1.31 bits per heavy atom. The maximum atomic E-state index is 13.8. The lowest BCUT2D eigenvalue weighted by Crippen LogP contribution is -2.58. The summed E-state index contributed by atoms with van der Waals surface area (Å²) in [5, 5.41) is 10.8. The highest BCUT2D eigenvalue weighted by Crippen LogP contribution is 2.66. The van der Waals surface area contributed by atoms with E-state index in [-0.39, 0.29) is 36.4 Å². The summed E-state index contributed by atoms with van der Waals surface area (Å²) >= 11 is 0. The van der Waals surface area contributed by atoms with Crippen molar-refractivity contribution in [2.75, 3.05) is 0 Å². The van der Waals surface area contributed by atoms with E-state index in [9.17, 15) is 23.1 Å². The first-order valence-electron chi connectivity index (χ1n) is 9.60. The largest absolute Gasteiger partial charge is 0.418 e. The summed E-state index contributed by atoms with van der Waals surface area (Å²) in [6.07, 6.45) is 2.94. The highest BCUT2D eigenvalue weighted by Gasteiger charge is 2.71. The van der Waals surface area contributed by atoms with Crippen molar-refractivity contribution in [2.24, 2.45) is 23.2 Å². The van der Waals surface area contributed by atoms with Crippen LogP contribution < -0.4 is 0 Å². The molecule has 0 heterocycles. The summed E-state index contributed by atoms with van der Waals surface area (Å²) in [6.45, 7) is 3.83. The monoisotopic (exact) mass is 366 g/mol. The molecule has 0 radical (unpaired) electrons. The van der Waals surface area contributed by atoms with Crippen LogP contribution in [0.15, 0.2) is 34.9 Å². The number of rotatable bonds is 1. The number of alkyl halides is 3. The van der Waals surface area contributed by atoms with Crippen molar-refractivity contribution in [3.05, 3.63) is 34.9 Å². The fraction of sp³-hybridized carbons (Fsp3) is 0.667. The average Bonchev–Trinajstić information content (AvgIpc) is 2.89. The molecule has 0 spiro atoms. The van der Waals surface area contributed by atoms with Crippen LogP contribution in [0.3, 0.4) is 0 Å². The van der Waals surface area contributed by atoms with E-state index in [4.69, 9.17) is 0 Å². The van der Waals surface area contributed by atoms with Gasteiger partial charge in [-0.3, -0.25) is 4.79 Å². The second-order valence-electron chi connectivity index (χ2n) is 8.51. The van der Waals surface area contributed by atoms with Crippen LogP contribution in [0.4, 0.5) is 13.2 Å². The van der Waals surface area contributed by atoms with E-state index in [0.717, 1.165) is 23.1 Å². The molecule has 3 unspecified atom stereocenters. The first-order chi connectivity index (χ1) is 12.1. The third-order valence-electron chi connectivity index (χ3n) is 7.50. The molecule has 1 saturated carbocycles. The van der Waals surface area contributed by atoms with Crippen LogP contribution in [0.5, 0.6) is 0 Å². The minimum atomic E-state index is -4.63. The molecule has 4 aliphatic carbocycles. The average molecular weight is 366 g/mol. The molecule has 1 N–H and O–H groups in total. The molecule has 2 nitrogen and oxygen atoms in total. The summed E-state index contributed by atoms with van der Waals surface area (Å²) in [6, 6.07) is 0. The lowest BCUT2D eigenvalue weighted by atomic mass is 9.54. The maximum absolute atomic E-state index is 13.8. The zero-order chi connectivity index (χ0) is 18.9. The molecule has 0 saturated heterocycles. The van der Waals surface area contributed by atoms with Gasteiger partial charge < -0.3 is 5.11 Å². The number of ketones is 1. The van der Waals surface area contributed by atoms with E-state index in [2.05, 4.69) is 6.92 Å². The zero-order valence-corrected chi connectivity index (χ0v) is 15.2. The fourth-order valence-corrected chi connectivity index (χ4v) is 6.32. The number of hydrogen-bond acceptors (Lipinski definition) is 2. The number of aliphatic hydroxyl groups is 1. The van der Waals surface area contributed by atoms with Crippen LogP contribution in [0, 0.1) is 23.2 Å². The Balaban J connectivity index is 1.88. The van der Waals surface area contributed by atoms with Crippen molar-refractivity contribution >= 4 is 5.78 Å². The molecular formula is C21H25F3O2. The molecule has 4 rings (SSSR count). The van der Waals surface area contributed by atoms with E-state index in [0.29, 0.717) is 19.3 Å². The number of allylic oxidation sites excluding steroid dienone is 5. The van der Waals surface area contributed by atoms with Gasteiger partial charge in [0.2, 0.25) is 0 Å². The van der Waals surface area contributed by atoms with Gasteiger partial charge in [-0.1, -0.05) is 26.0 Å². The Kier molecular flexibility index (Phi) is 3.86. The van der Waals surface area contributed by atoms with Crippen molar-refractivity contribution in [3.63, 3.8) is 0 Å². The van der Waals surface area contributed by atoms with Gasteiger partial charge in [0.05, 0.1) is 0 Å². The summed E-state index contributed by atoms with van der Waals surface area (Å²) < 4.78 is 41.5. The number of carbonyl (C=O) groups is 1. The second-order valence-corrected chi connectivity index (χ2v) is 8.51. The van der Waals surface area contributed by atoms with Crippen LogP contribution in [0.1, 0.15) is 52.4 Å². The summed E-state index contributed by atoms with van der Waals surface area (Å²) in [7, 11) is 0. The van der Waals surface area contributed by atoms with Gasteiger partial charge in [-0.05, 0) is 72.7 Å². The topological polar surface area (TPSA) is 37.3 Å². The SMILES string of the molecule is CCC12C=CC3=C4CCC(=O)C=C4CC(C)[C@H]3[C@@H]1CCC2(O)C(F)(F)F. The van der Waals surface area contributed by atoms with Gasteiger partial charge in [0.1, 0.15) is 0 Å². The number of fused-ring (bicyclic) bond motifs is 4. The highest BCUT2D eigenvalue weighted by molar-refractivity contribution is 5.93. The number of halogens is 3. The van der Waals surface area contributed by atoms with Crippen LogP contribution in [0.2, 0.25) is 0 Å². The predicted octanol–water partition coefficient (Wildman–Crippen LogP) is 4.90. The Bertz CT molecular complexity index is 745. The van der Waals surface area contributed by atoms with Crippen LogP contribution in [-0.2, 0) is 4.79 Å². The van der Waals surface area contributed by atoms with Gasteiger partial charge in [0.15, 0.2) is 11.4 Å². The standard InChI is InChI=1S/C21H25F3O2/c1-3-19-8-6-16-15-5-4-14(25)11-13(15)10-12(2)18(16)17(19)7-9-20(19,26)21(22,23)24/h6,8,11-12,17-18,26H,3-5,7,9-10H2,1-2H3/t12?,17-,18+,19?,20?/m0/s1. The van der Waals surface area contributed by atoms with Crippen molar-refractivity contribution in [2.45, 2.75) is 64.1 Å². The van der Waals surface area contributed by atoms with Crippen molar-refractivity contribution < 1.29 is 23.1 Å². The van der Waals surface area contributed by atoms with E-state index >= 15 is 0 Å². The molecule has 5 atom stereocenters. The molecular weight excluding hydrogens is 341 g/mol. The molecule has 0 aromatic rings. The second kappa shape index (κ2) is 5.57. The molecule has 0 bridgehead atoms. The Hall–Kier alpha value is -1.36. The van der Waals surface area contributed by atoms with E-state index in [1.807, 2.05) is 6.08 Å². The first-order valence-corrected chi connectivity index (χ1v) is 9.60. The number of carbonyl (C=O) groups excluding carboxylic acids is 1. The van der Waals surface area contributed by atoms with E-state index in [1.54, 1.807) is 19.1 Å². The van der Waals surface area contributed by atoms with Gasteiger partial charge in [-0.2, -0.15) is 13.2 Å². The van der Waals surface area contributed by atoms with E-state index in [1.165, 1.54) is 0 Å². The lowest BCUT2D eigenvalue weighted by molar-refractivity contribution is -0.291. The molecule has 142 valence electrons. The maximum Gasteiger partial charge on any atom is 0.418 e. The van der Waals surface area contributed by atoms with Crippen LogP contribution in [-0.4, -0.2) is 22.7 Å². The molecule has 0 aromatic carbocycles. The minimum absolute atomic E-state index is 0.0247. The van der Waals surface area contributed by atoms with Crippen molar-refractivity contribution in [3.8, 4) is 0 Å². The van der Waals surface area contributed by atoms with Gasteiger partial charge in [0, 0.05) is 11.8 Å². The van der Waals surface area contributed by atoms with Crippen molar-refractivity contribution in [1.82, 2.24) is 0 Å². The van der Waals surface area contributed by atoms with Gasteiger partial charge in [-0.15, -0.1) is 0 Å². The van der Waals surface area contributed by atoms with Crippen LogP contribution >= 0.6 is 0 Å². The molecule has 0 amide bonds. The fourth-order valence-electron chi connectivity index (χ4n) is 6.32. The van der Waals surface area contributed by atoms with Crippen molar-refractivity contribution in [1.29, 1.82) is 0 Å². The summed E-state index contributed by atoms with van der Waals surface area (Å²) in [5.74, 6) is 0.129. The highest BCUT2D eigenvalue weighted by atomic mass is 19.4. The summed E-state index contributed by atoms with van der Waals surface area (Å²) in [5.41, 5.74) is -0.554. The molecule has 1 fully saturated rings. The van der Waals surface area contributed by atoms with Gasteiger partial charge in [0.25, 0.3) is 0 Å². The molecule has 5 heteroatoms. The normalized spacial score (nSPS) is 42.3. The van der Waals surface area contributed by atoms with Gasteiger partial charge in [-0.25, -0.2) is 0 Å². The molecule has 0 aliphatic heterocycles. The van der Waals surface area contributed by atoms with Gasteiger partial charge >= 0.3 is 6.18 Å². The van der Waals surface area contributed by atoms with Crippen LogP contribution in [0.25, 0.3) is 0 Å². The predicted molar refractivity (Wildman–Crippen MR) is 92.2 cm³/mol. The minimum Gasteiger partial charge on any atom is -0.380 e. The zero-order valence-electron chi connectivity index (χ0n) is 15.2. The molecule has 0 aromatic heterocycles. The lowest BCUT2D eigenvalue weighted by Gasteiger charge is -2.52. The van der Waals surface area contributed by atoms with E-state index < -0.39 is 17.2 Å². The third-order valence-corrected chi connectivity index (χ3v) is 7.50. The Morgan fingerprint density at radius 3 is 2.69 bits per heavy atom. The molecule has 4 aliphatic rings. The first kappa shape index (κ1) is 18.0. The Morgan fingerprint density at radius 2 is 2.04 bits per heavy atom. The summed E-state index contributed by atoms with van der Waals surface area (Å²) in [4.78, 5) is 11.8.